The first-order valence-electron chi connectivity index (χ1n) is 7.55. The topological polar surface area (TPSA) is 81.1 Å². The van der Waals surface area contributed by atoms with Crippen molar-refractivity contribution >= 4 is 11.6 Å². The van der Waals surface area contributed by atoms with Crippen LogP contribution in [0.3, 0.4) is 0 Å². The van der Waals surface area contributed by atoms with E-state index in [9.17, 15) is 4.79 Å². The predicted molar refractivity (Wildman–Crippen MR) is 80.1 cm³/mol. The van der Waals surface area contributed by atoms with Gasteiger partial charge < -0.3 is 16.8 Å². The van der Waals surface area contributed by atoms with Gasteiger partial charge >= 0.3 is 0 Å². The summed E-state index contributed by atoms with van der Waals surface area (Å²) in [6.45, 7) is 0. The van der Waals surface area contributed by atoms with Crippen LogP contribution in [0.5, 0.6) is 0 Å². The second-order valence-corrected chi connectivity index (χ2v) is 6.30. The van der Waals surface area contributed by atoms with Crippen molar-refractivity contribution in [3.8, 4) is 0 Å². The number of nitrogens with one attached hydrogen (secondary N) is 1. The van der Waals surface area contributed by atoms with Gasteiger partial charge in [0.05, 0.1) is 0 Å². The van der Waals surface area contributed by atoms with E-state index in [0.29, 0.717) is 35.2 Å². The molecular weight excluding hydrogens is 250 g/mol. The van der Waals surface area contributed by atoms with Gasteiger partial charge in [-0.05, 0) is 61.8 Å². The number of nitrogens with two attached hydrogens (primary N) is 2. The molecule has 2 aliphatic carbocycles. The first kappa shape index (κ1) is 13.4. The van der Waals surface area contributed by atoms with Gasteiger partial charge in [-0.1, -0.05) is 6.42 Å². The van der Waals surface area contributed by atoms with Gasteiger partial charge in [0.15, 0.2) is 0 Å². The summed E-state index contributed by atoms with van der Waals surface area (Å²) < 4.78 is 0. The lowest BCUT2D eigenvalue weighted by Gasteiger charge is -2.45. The van der Waals surface area contributed by atoms with Crippen LogP contribution >= 0.6 is 0 Å². The molecule has 1 aromatic carbocycles. The van der Waals surface area contributed by atoms with E-state index in [2.05, 4.69) is 5.32 Å². The van der Waals surface area contributed by atoms with E-state index in [0.717, 1.165) is 12.8 Å². The van der Waals surface area contributed by atoms with E-state index in [1.807, 2.05) is 0 Å². The van der Waals surface area contributed by atoms with Crippen LogP contribution in [0.15, 0.2) is 24.3 Å². The van der Waals surface area contributed by atoms with Crippen LogP contribution in [-0.4, -0.2) is 18.0 Å². The van der Waals surface area contributed by atoms with Gasteiger partial charge in [-0.25, -0.2) is 0 Å². The molecule has 0 aliphatic heterocycles. The zero-order valence-corrected chi connectivity index (χ0v) is 11.7. The quantitative estimate of drug-likeness (QED) is 0.720. The van der Waals surface area contributed by atoms with E-state index in [-0.39, 0.29) is 5.91 Å². The largest absolute Gasteiger partial charge is 0.399 e. The summed E-state index contributed by atoms with van der Waals surface area (Å²) in [6, 6.07) is 7.73. The highest BCUT2D eigenvalue weighted by molar-refractivity contribution is 5.94. The van der Waals surface area contributed by atoms with Crippen molar-refractivity contribution in [1.29, 1.82) is 0 Å². The van der Waals surface area contributed by atoms with Crippen molar-refractivity contribution in [2.24, 2.45) is 17.6 Å². The number of carbonyl (C=O) groups is 1. The Morgan fingerprint density at radius 2 is 1.70 bits per heavy atom. The second-order valence-electron chi connectivity index (χ2n) is 6.30. The van der Waals surface area contributed by atoms with Crippen LogP contribution in [0.25, 0.3) is 0 Å². The summed E-state index contributed by atoms with van der Waals surface area (Å²) in [5, 5.41) is 3.24. The molecule has 2 saturated carbocycles. The number of hydrogen-bond donors (Lipinski definition) is 3. The monoisotopic (exact) mass is 273 g/mol. The van der Waals surface area contributed by atoms with Crippen LogP contribution < -0.4 is 16.8 Å². The van der Waals surface area contributed by atoms with Crippen LogP contribution in [0.2, 0.25) is 0 Å². The molecule has 20 heavy (non-hydrogen) atoms. The molecule has 3 rings (SSSR count). The zero-order chi connectivity index (χ0) is 14.1. The molecule has 2 atom stereocenters. The van der Waals surface area contributed by atoms with Gasteiger partial charge in [-0.15, -0.1) is 0 Å². The Balaban J connectivity index is 1.70. The summed E-state index contributed by atoms with van der Waals surface area (Å²) in [6.07, 6.45) is 5.75. The minimum absolute atomic E-state index is 0.0161. The first-order valence-corrected chi connectivity index (χ1v) is 7.55. The molecule has 2 fully saturated rings. The Labute approximate surface area is 119 Å². The molecule has 2 bridgehead atoms. The van der Waals surface area contributed by atoms with E-state index in [1.54, 1.807) is 24.3 Å². The van der Waals surface area contributed by atoms with Crippen molar-refractivity contribution in [1.82, 2.24) is 5.32 Å². The van der Waals surface area contributed by atoms with Crippen LogP contribution in [0, 0.1) is 11.8 Å². The van der Waals surface area contributed by atoms with Gasteiger partial charge in [0.1, 0.15) is 0 Å². The summed E-state index contributed by atoms with van der Waals surface area (Å²) >= 11 is 0. The maximum atomic E-state index is 12.4. The maximum absolute atomic E-state index is 12.4. The third-order valence-corrected chi connectivity index (χ3v) is 4.85. The summed E-state index contributed by atoms with van der Waals surface area (Å²) in [7, 11) is 0. The van der Waals surface area contributed by atoms with E-state index in [4.69, 9.17) is 11.5 Å². The Morgan fingerprint density at radius 1 is 1.10 bits per heavy atom. The molecule has 0 radical (unpaired) electrons. The van der Waals surface area contributed by atoms with Gasteiger partial charge in [-0.2, -0.15) is 0 Å². The van der Waals surface area contributed by atoms with Crippen LogP contribution in [-0.2, 0) is 0 Å². The number of rotatable bonds is 2. The summed E-state index contributed by atoms with van der Waals surface area (Å²) in [4.78, 5) is 12.4. The summed E-state index contributed by atoms with van der Waals surface area (Å²) in [5.74, 6) is 1.12. The number of carbonyl (C=O) groups excluding carboxylic acids is 1. The molecule has 4 heteroatoms. The van der Waals surface area contributed by atoms with Crippen molar-refractivity contribution in [2.45, 2.75) is 44.2 Å². The fourth-order valence-electron chi connectivity index (χ4n) is 3.89. The lowest BCUT2D eigenvalue weighted by atomic mass is 9.67. The normalized spacial score (nSPS) is 32.6. The number of anilines is 1. The smallest absolute Gasteiger partial charge is 0.251 e. The van der Waals surface area contributed by atoms with Crippen molar-refractivity contribution < 1.29 is 4.79 Å². The molecule has 5 N–H and O–H groups in total. The first-order chi connectivity index (χ1) is 9.63. The SMILES string of the molecule is Nc1ccc(C(=O)NC2C3CCCC2CC(N)C3)cc1. The van der Waals surface area contributed by atoms with E-state index in [1.165, 1.54) is 19.3 Å². The fraction of sp³-hybridized carbons (Fsp3) is 0.562. The minimum Gasteiger partial charge on any atom is -0.399 e. The Hall–Kier alpha value is -1.55. The molecule has 2 aliphatic rings. The van der Waals surface area contributed by atoms with Crippen molar-refractivity contribution in [2.75, 3.05) is 5.73 Å². The van der Waals surface area contributed by atoms with Gasteiger partial charge in [0.25, 0.3) is 5.91 Å². The lowest BCUT2D eigenvalue weighted by molar-refractivity contribution is 0.0756. The number of benzene rings is 1. The van der Waals surface area contributed by atoms with Crippen LogP contribution in [0.4, 0.5) is 5.69 Å². The standard InChI is InChI=1S/C16H23N3O/c17-13-6-4-10(5-7-13)16(20)19-15-11-2-1-3-12(15)9-14(18)8-11/h4-7,11-12,14-15H,1-3,8-9,17-18H2,(H,19,20). The Morgan fingerprint density at radius 3 is 2.30 bits per heavy atom. The van der Waals surface area contributed by atoms with Gasteiger partial charge in [-0.3, -0.25) is 4.79 Å². The van der Waals surface area contributed by atoms with Crippen LogP contribution in [0.1, 0.15) is 42.5 Å². The molecule has 4 nitrogen and oxygen atoms in total. The highest BCUT2D eigenvalue weighted by Gasteiger charge is 2.39. The number of hydrogen-bond acceptors (Lipinski definition) is 3. The number of nitrogen functional groups attached to an aromatic ring is 1. The third-order valence-electron chi connectivity index (χ3n) is 4.85. The molecule has 108 valence electrons. The fourth-order valence-corrected chi connectivity index (χ4v) is 3.89. The lowest BCUT2D eigenvalue weighted by Crippen LogP contribution is -2.53. The van der Waals surface area contributed by atoms with Gasteiger partial charge in [0.2, 0.25) is 0 Å². The second kappa shape index (κ2) is 5.44. The highest BCUT2D eigenvalue weighted by Crippen LogP contribution is 2.39. The Bertz CT molecular complexity index is 471. The van der Waals surface area contributed by atoms with Crippen molar-refractivity contribution in [3.05, 3.63) is 29.8 Å². The maximum Gasteiger partial charge on any atom is 0.251 e. The summed E-state index contributed by atoms with van der Waals surface area (Å²) in [5.41, 5.74) is 13.1. The van der Waals surface area contributed by atoms with E-state index >= 15 is 0 Å². The van der Waals surface area contributed by atoms with Gasteiger partial charge in [0, 0.05) is 23.3 Å². The van der Waals surface area contributed by atoms with Crippen molar-refractivity contribution in [3.63, 3.8) is 0 Å². The van der Waals surface area contributed by atoms with E-state index < -0.39 is 0 Å². The number of amides is 1. The molecular formula is C16H23N3O. The molecule has 0 heterocycles. The predicted octanol–water partition coefficient (Wildman–Crippen LogP) is 1.90. The molecule has 0 aromatic heterocycles. The Kier molecular flexibility index (Phi) is 3.66. The molecule has 1 aromatic rings. The molecule has 2 unspecified atom stereocenters. The average molecular weight is 273 g/mol. The molecule has 0 saturated heterocycles. The zero-order valence-electron chi connectivity index (χ0n) is 11.7. The molecule has 0 spiro atoms. The third kappa shape index (κ3) is 2.66. The highest BCUT2D eigenvalue weighted by atomic mass is 16.1. The minimum atomic E-state index is 0.0161. The number of fused-ring (bicyclic) bond motifs is 2. The molecule has 1 amide bonds. The average Bonchev–Trinajstić information content (AvgIpc) is 2.40.